The molecule has 0 saturated carbocycles. The van der Waals surface area contributed by atoms with Gasteiger partial charge in [0.15, 0.2) is 5.78 Å². The first kappa shape index (κ1) is 9.11. The van der Waals surface area contributed by atoms with Crippen LogP contribution in [0.1, 0.15) is 0 Å². The predicted octanol–water partition coefficient (Wildman–Crippen LogP) is -0.742. The van der Waals surface area contributed by atoms with Crippen molar-refractivity contribution in [2.75, 3.05) is 0 Å². The van der Waals surface area contributed by atoms with Gasteiger partial charge in [-0.1, -0.05) is 0 Å². The molecule has 0 saturated heterocycles. The van der Waals surface area contributed by atoms with Gasteiger partial charge >= 0.3 is 10.1 Å². The van der Waals surface area contributed by atoms with Crippen LogP contribution in [-0.4, -0.2) is 28.8 Å². The van der Waals surface area contributed by atoms with Crippen molar-refractivity contribution < 1.29 is 22.9 Å². The Hall–Kier alpha value is -0.980. The third kappa shape index (κ3) is 1.45. The molecule has 0 radical (unpaired) electrons. The Morgan fingerprint density at radius 1 is 1.25 bits per heavy atom. The number of hydrogen-bond donors (Lipinski definition) is 2. The highest BCUT2D eigenvalue weighted by atomic mass is 32.2. The lowest BCUT2D eigenvalue weighted by Gasteiger charge is -2.17. The molecule has 1 aliphatic carbocycles. The van der Waals surface area contributed by atoms with Crippen LogP contribution in [0.2, 0.25) is 0 Å². The van der Waals surface area contributed by atoms with E-state index in [-0.39, 0.29) is 0 Å². The molecule has 0 amide bonds. The van der Waals surface area contributed by atoms with Gasteiger partial charge in [-0.25, -0.2) is 0 Å². The van der Waals surface area contributed by atoms with Gasteiger partial charge in [0.1, 0.15) is 0 Å². The molecule has 0 aromatic rings. The third-order valence-electron chi connectivity index (χ3n) is 1.39. The van der Waals surface area contributed by atoms with Gasteiger partial charge in [-0.05, 0) is 24.3 Å². The van der Waals surface area contributed by atoms with E-state index in [2.05, 4.69) is 0 Å². The molecular formula is C6H6O5S. The highest BCUT2D eigenvalue weighted by Crippen LogP contribution is 2.19. The number of carbonyl (C=O) groups excluding carboxylic acids is 1. The minimum Gasteiger partial charge on any atom is -0.366 e. The lowest BCUT2D eigenvalue weighted by atomic mass is 10.1. The highest BCUT2D eigenvalue weighted by molar-refractivity contribution is 7.87. The first-order chi connectivity index (χ1) is 5.35. The SMILES string of the molecule is O=C1C=CC(O)(S(=O)(=O)O)C=C1. The summed E-state index contributed by atoms with van der Waals surface area (Å²) in [6.07, 6.45) is 3.16. The first-order valence-electron chi connectivity index (χ1n) is 2.97. The maximum atomic E-state index is 10.5. The van der Waals surface area contributed by atoms with Gasteiger partial charge in [-0.3, -0.25) is 9.35 Å². The molecule has 12 heavy (non-hydrogen) atoms. The topological polar surface area (TPSA) is 91.7 Å². The fourth-order valence-electron chi connectivity index (χ4n) is 0.686. The number of ketones is 1. The van der Waals surface area contributed by atoms with Crippen molar-refractivity contribution in [1.82, 2.24) is 0 Å². The van der Waals surface area contributed by atoms with Gasteiger partial charge in [-0.2, -0.15) is 8.42 Å². The van der Waals surface area contributed by atoms with E-state index in [4.69, 9.17) is 9.66 Å². The van der Waals surface area contributed by atoms with Gasteiger partial charge in [0.25, 0.3) is 0 Å². The normalized spacial score (nSPS) is 21.3. The minimum atomic E-state index is -4.62. The van der Waals surface area contributed by atoms with Crippen molar-refractivity contribution in [3.05, 3.63) is 24.3 Å². The van der Waals surface area contributed by atoms with Crippen LogP contribution >= 0.6 is 0 Å². The van der Waals surface area contributed by atoms with Gasteiger partial charge in [0.2, 0.25) is 4.93 Å². The van der Waals surface area contributed by atoms with Crippen molar-refractivity contribution in [1.29, 1.82) is 0 Å². The van der Waals surface area contributed by atoms with Crippen LogP contribution in [0.15, 0.2) is 24.3 Å². The summed E-state index contributed by atoms with van der Waals surface area (Å²) in [6, 6.07) is 0. The van der Waals surface area contributed by atoms with Crippen LogP contribution in [0.4, 0.5) is 0 Å². The molecule has 5 nitrogen and oxygen atoms in total. The maximum Gasteiger partial charge on any atom is 0.302 e. The molecule has 0 bridgehead atoms. The summed E-state index contributed by atoms with van der Waals surface area (Å²) in [4.78, 5) is 8.06. The van der Waals surface area contributed by atoms with E-state index < -0.39 is 20.8 Å². The summed E-state index contributed by atoms with van der Waals surface area (Å²) in [5.41, 5.74) is 0. The van der Waals surface area contributed by atoms with Crippen LogP contribution in [0.25, 0.3) is 0 Å². The average molecular weight is 190 g/mol. The molecule has 0 fully saturated rings. The lowest BCUT2D eigenvalue weighted by Crippen LogP contribution is -2.35. The fourth-order valence-corrected chi connectivity index (χ4v) is 1.17. The quantitative estimate of drug-likeness (QED) is 0.531. The lowest BCUT2D eigenvalue weighted by molar-refractivity contribution is -0.110. The van der Waals surface area contributed by atoms with E-state index in [9.17, 15) is 13.2 Å². The smallest absolute Gasteiger partial charge is 0.302 e. The number of rotatable bonds is 1. The average Bonchev–Trinajstić information content (AvgIpc) is 1.93. The monoisotopic (exact) mass is 190 g/mol. The number of hydrogen-bond acceptors (Lipinski definition) is 4. The molecule has 2 N–H and O–H groups in total. The predicted molar refractivity (Wildman–Crippen MR) is 39.8 cm³/mol. The van der Waals surface area contributed by atoms with E-state index >= 15 is 0 Å². The van der Waals surface area contributed by atoms with Crippen molar-refractivity contribution in [3.8, 4) is 0 Å². The molecule has 0 atom stereocenters. The van der Waals surface area contributed by atoms with Crippen LogP contribution in [-0.2, 0) is 14.9 Å². The summed E-state index contributed by atoms with van der Waals surface area (Å²) in [5.74, 6) is -0.441. The van der Waals surface area contributed by atoms with Crippen molar-refractivity contribution in [2.24, 2.45) is 0 Å². The number of carbonyl (C=O) groups is 1. The second-order valence-corrected chi connectivity index (χ2v) is 3.90. The van der Waals surface area contributed by atoms with E-state index in [1.807, 2.05) is 0 Å². The van der Waals surface area contributed by atoms with Crippen LogP contribution in [0.5, 0.6) is 0 Å². The summed E-state index contributed by atoms with van der Waals surface area (Å²) >= 11 is 0. The molecule has 1 rings (SSSR count). The molecule has 0 unspecified atom stereocenters. The van der Waals surface area contributed by atoms with Crippen LogP contribution < -0.4 is 0 Å². The standard InChI is InChI=1S/C6H6O5S/c7-5-1-3-6(8,4-2-5)12(9,10)11/h1-4,8H,(H,9,10,11). The van der Waals surface area contributed by atoms with Gasteiger partial charge in [-0.15, -0.1) is 0 Å². The van der Waals surface area contributed by atoms with Gasteiger partial charge in [0.05, 0.1) is 0 Å². The molecule has 6 heteroatoms. The Kier molecular flexibility index (Phi) is 1.91. The summed E-state index contributed by atoms with van der Waals surface area (Å²) in [5, 5.41) is 9.16. The van der Waals surface area contributed by atoms with Crippen LogP contribution in [0.3, 0.4) is 0 Å². The molecular weight excluding hydrogens is 184 g/mol. The maximum absolute atomic E-state index is 10.5. The summed E-state index contributed by atoms with van der Waals surface area (Å²) in [6.45, 7) is 0. The summed E-state index contributed by atoms with van der Waals surface area (Å²) < 4.78 is 29.5. The largest absolute Gasteiger partial charge is 0.366 e. The van der Waals surface area contributed by atoms with E-state index in [1.54, 1.807) is 0 Å². The Balaban J connectivity index is 3.14. The van der Waals surface area contributed by atoms with Crippen molar-refractivity contribution in [2.45, 2.75) is 4.93 Å². The fraction of sp³-hybridized carbons (Fsp3) is 0.167. The second-order valence-electron chi connectivity index (χ2n) is 2.30. The molecule has 0 aromatic heterocycles. The van der Waals surface area contributed by atoms with E-state index in [0.717, 1.165) is 12.2 Å². The molecule has 66 valence electrons. The first-order valence-corrected chi connectivity index (χ1v) is 4.41. The minimum absolute atomic E-state index is 0.441. The second kappa shape index (κ2) is 2.51. The van der Waals surface area contributed by atoms with Crippen LogP contribution in [0, 0.1) is 0 Å². The zero-order valence-electron chi connectivity index (χ0n) is 5.84. The Labute approximate surface area is 68.8 Å². The van der Waals surface area contributed by atoms with Crippen molar-refractivity contribution >= 4 is 15.9 Å². The Morgan fingerprint density at radius 2 is 1.67 bits per heavy atom. The number of allylic oxidation sites excluding steroid dienone is 2. The Bertz CT molecular complexity index is 345. The summed E-state index contributed by atoms with van der Waals surface area (Å²) in [7, 11) is -4.62. The Morgan fingerprint density at radius 3 is 2.00 bits per heavy atom. The van der Waals surface area contributed by atoms with Gasteiger partial charge in [0, 0.05) is 0 Å². The van der Waals surface area contributed by atoms with Gasteiger partial charge < -0.3 is 5.11 Å². The zero-order chi connectivity index (χ0) is 9.41. The van der Waals surface area contributed by atoms with E-state index in [0.29, 0.717) is 12.2 Å². The molecule has 0 heterocycles. The van der Waals surface area contributed by atoms with Crippen molar-refractivity contribution in [3.63, 3.8) is 0 Å². The third-order valence-corrected chi connectivity index (χ3v) is 2.48. The zero-order valence-corrected chi connectivity index (χ0v) is 6.65. The number of aliphatic hydroxyl groups is 1. The molecule has 0 spiro atoms. The molecule has 0 aromatic carbocycles. The van der Waals surface area contributed by atoms with E-state index in [1.165, 1.54) is 0 Å². The molecule has 0 aliphatic heterocycles. The highest BCUT2D eigenvalue weighted by Gasteiger charge is 2.37. The molecule has 1 aliphatic rings.